The zero-order valence-corrected chi connectivity index (χ0v) is 13.1. The van der Waals surface area contributed by atoms with Gasteiger partial charge in [0.25, 0.3) is 0 Å². The van der Waals surface area contributed by atoms with Gasteiger partial charge in [-0.1, -0.05) is 35.0 Å². The molecule has 4 heteroatoms. The molecule has 1 saturated heterocycles. The summed E-state index contributed by atoms with van der Waals surface area (Å²) in [4.78, 5) is 14.1. The number of rotatable bonds is 2. The largest absolute Gasteiger partial charge is 0.331 e. The summed E-state index contributed by atoms with van der Waals surface area (Å²) in [5, 5.41) is 3.07. The number of hydrogen-bond acceptors (Lipinski definition) is 1. The van der Waals surface area contributed by atoms with Gasteiger partial charge >= 0.3 is 6.03 Å². The van der Waals surface area contributed by atoms with Crippen LogP contribution in [0.15, 0.2) is 28.7 Å². The van der Waals surface area contributed by atoms with Crippen molar-refractivity contribution in [1.82, 2.24) is 10.2 Å². The van der Waals surface area contributed by atoms with Crippen LogP contribution < -0.4 is 5.32 Å². The molecule has 19 heavy (non-hydrogen) atoms. The summed E-state index contributed by atoms with van der Waals surface area (Å²) in [6.07, 6.45) is 2.22. The Kier molecular flexibility index (Phi) is 4.86. The normalized spacial score (nSPS) is 18.2. The monoisotopic (exact) mass is 324 g/mol. The number of nitrogens with one attached hydrogen (secondary N) is 1. The zero-order valence-electron chi connectivity index (χ0n) is 11.5. The third-order valence-electron chi connectivity index (χ3n) is 3.78. The number of carbonyl (C=O) groups is 1. The Morgan fingerprint density at radius 3 is 2.47 bits per heavy atom. The Morgan fingerprint density at radius 2 is 1.89 bits per heavy atom. The molecule has 0 bridgehead atoms. The SMILES string of the molecule is CC1CCN(C(=O)NC(C)c2ccc(Br)cc2)CC1. The Balaban J connectivity index is 1.89. The van der Waals surface area contributed by atoms with Crippen LogP contribution >= 0.6 is 15.9 Å². The van der Waals surface area contributed by atoms with E-state index < -0.39 is 0 Å². The van der Waals surface area contributed by atoms with Crippen LogP contribution in [-0.2, 0) is 0 Å². The lowest BCUT2D eigenvalue weighted by molar-refractivity contribution is 0.171. The van der Waals surface area contributed by atoms with Gasteiger partial charge in [0.2, 0.25) is 0 Å². The number of halogens is 1. The van der Waals surface area contributed by atoms with Crippen LogP contribution in [-0.4, -0.2) is 24.0 Å². The van der Waals surface area contributed by atoms with Crippen molar-refractivity contribution in [3.05, 3.63) is 34.3 Å². The molecule has 1 aliphatic heterocycles. The smallest absolute Gasteiger partial charge is 0.317 e. The van der Waals surface area contributed by atoms with Crippen LogP contribution in [0.4, 0.5) is 4.79 Å². The van der Waals surface area contributed by atoms with Crippen LogP contribution in [0, 0.1) is 5.92 Å². The minimum atomic E-state index is 0.0416. The van der Waals surface area contributed by atoms with Gasteiger partial charge in [0.05, 0.1) is 6.04 Å². The van der Waals surface area contributed by atoms with E-state index in [0.717, 1.165) is 41.9 Å². The highest BCUT2D eigenvalue weighted by molar-refractivity contribution is 9.10. The Bertz CT molecular complexity index is 424. The Morgan fingerprint density at radius 1 is 1.32 bits per heavy atom. The number of urea groups is 1. The number of benzene rings is 1. The predicted molar refractivity (Wildman–Crippen MR) is 81.1 cm³/mol. The summed E-state index contributed by atoms with van der Waals surface area (Å²) < 4.78 is 1.06. The molecule has 1 N–H and O–H groups in total. The molecule has 0 saturated carbocycles. The van der Waals surface area contributed by atoms with Gasteiger partial charge in [0.1, 0.15) is 0 Å². The van der Waals surface area contributed by atoms with Gasteiger partial charge < -0.3 is 10.2 Å². The summed E-state index contributed by atoms with van der Waals surface area (Å²) >= 11 is 3.42. The first-order chi connectivity index (χ1) is 9.06. The molecule has 1 aromatic carbocycles. The standard InChI is InChI=1S/C15H21BrN2O/c1-11-7-9-18(10-8-11)15(19)17-12(2)13-3-5-14(16)6-4-13/h3-6,11-12H,7-10H2,1-2H3,(H,17,19). The van der Waals surface area contributed by atoms with Gasteiger partial charge in [-0.3, -0.25) is 0 Å². The van der Waals surface area contributed by atoms with Gasteiger partial charge in [0.15, 0.2) is 0 Å². The van der Waals surface area contributed by atoms with E-state index in [1.54, 1.807) is 0 Å². The average Bonchev–Trinajstić information content (AvgIpc) is 2.40. The second-order valence-electron chi connectivity index (χ2n) is 5.39. The maximum absolute atomic E-state index is 12.2. The lowest BCUT2D eigenvalue weighted by Gasteiger charge is -2.31. The number of hydrogen-bond donors (Lipinski definition) is 1. The molecule has 1 fully saturated rings. The maximum atomic E-state index is 12.2. The van der Waals surface area contributed by atoms with Crippen molar-refractivity contribution in [2.45, 2.75) is 32.7 Å². The van der Waals surface area contributed by atoms with Crippen molar-refractivity contribution in [3.63, 3.8) is 0 Å². The molecule has 0 radical (unpaired) electrons. The first-order valence-corrected chi connectivity index (χ1v) is 7.66. The molecule has 2 rings (SSSR count). The van der Waals surface area contributed by atoms with Crippen LogP contribution in [0.5, 0.6) is 0 Å². The van der Waals surface area contributed by atoms with Gasteiger partial charge in [-0.05, 0) is 43.4 Å². The molecule has 0 spiro atoms. The molecule has 104 valence electrons. The fourth-order valence-electron chi connectivity index (χ4n) is 2.32. The third kappa shape index (κ3) is 3.96. The number of amides is 2. The van der Waals surface area contributed by atoms with Crippen LogP contribution in [0.3, 0.4) is 0 Å². The van der Waals surface area contributed by atoms with Crippen molar-refractivity contribution >= 4 is 22.0 Å². The Labute approximate surface area is 123 Å². The molecule has 1 unspecified atom stereocenters. The summed E-state index contributed by atoms with van der Waals surface area (Å²) in [6, 6.07) is 8.17. The van der Waals surface area contributed by atoms with E-state index in [0.29, 0.717) is 0 Å². The average molecular weight is 325 g/mol. The van der Waals surface area contributed by atoms with Crippen molar-refractivity contribution in [2.24, 2.45) is 5.92 Å². The van der Waals surface area contributed by atoms with E-state index in [9.17, 15) is 4.79 Å². The highest BCUT2D eigenvalue weighted by Crippen LogP contribution is 2.19. The lowest BCUT2D eigenvalue weighted by Crippen LogP contribution is -2.44. The minimum absolute atomic E-state index is 0.0416. The molecular formula is C15H21BrN2O. The van der Waals surface area contributed by atoms with Gasteiger partial charge in [-0.15, -0.1) is 0 Å². The number of piperidine rings is 1. The highest BCUT2D eigenvalue weighted by Gasteiger charge is 2.21. The van der Waals surface area contributed by atoms with Crippen molar-refractivity contribution in [3.8, 4) is 0 Å². The minimum Gasteiger partial charge on any atom is -0.331 e. The third-order valence-corrected chi connectivity index (χ3v) is 4.31. The lowest BCUT2D eigenvalue weighted by atomic mass is 9.99. The van der Waals surface area contributed by atoms with Gasteiger partial charge in [0, 0.05) is 17.6 Å². The summed E-state index contributed by atoms with van der Waals surface area (Å²) in [5.74, 6) is 0.743. The molecule has 3 nitrogen and oxygen atoms in total. The fraction of sp³-hybridized carbons (Fsp3) is 0.533. The van der Waals surface area contributed by atoms with Crippen LogP contribution in [0.1, 0.15) is 38.3 Å². The summed E-state index contributed by atoms with van der Waals surface area (Å²) in [6.45, 7) is 6.02. The molecule has 1 heterocycles. The second kappa shape index (κ2) is 6.42. The fourth-order valence-corrected chi connectivity index (χ4v) is 2.59. The van der Waals surface area contributed by atoms with Crippen LogP contribution in [0.2, 0.25) is 0 Å². The quantitative estimate of drug-likeness (QED) is 0.877. The first-order valence-electron chi connectivity index (χ1n) is 6.87. The van der Waals surface area contributed by atoms with Crippen molar-refractivity contribution in [2.75, 3.05) is 13.1 Å². The molecule has 2 amide bonds. The van der Waals surface area contributed by atoms with Crippen molar-refractivity contribution in [1.29, 1.82) is 0 Å². The molecule has 0 aliphatic carbocycles. The molecular weight excluding hydrogens is 304 g/mol. The molecule has 1 aliphatic rings. The molecule has 0 aromatic heterocycles. The van der Waals surface area contributed by atoms with Crippen LogP contribution in [0.25, 0.3) is 0 Å². The van der Waals surface area contributed by atoms with Gasteiger partial charge in [-0.2, -0.15) is 0 Å². The Hall–Kier alpha value is -1.03. The van der Waals surface area contributed by atoms with E-state index in [1.807, 2.05) is 36.1 Å². The van der Waals surface area contributed by atoms with Gasteiger partial charge in [-0.25, -0.2) is 4.79 Å². The number of carbonyl (C=O) groups excluding carboxylic acids is 1. The molecule has 1 atom stereocenters. The van der Waals surface area contributed by atoms with Crippen molar-refractivity contribution < 1.29 is 4.79 Å². The van der Waals surface area contributed by atoms with E-state index in [2.05, 4.69) is 28.2 Å². The van der Waals surface area contributed by atoms with E-state index in [4.69, 9.17) is 0 Å². The number of nitrogens with zero attached hydrogens (tertiary/aromatic N) is 1. The second-order valence-corrected chi connectivity index (χ2v) is 6.31. The highest BCUT2D eigenvalue weighted by atomic mass is 79.9. The topological polar surface area (TPSA) is 32.3 Å². The summed E-state index contributed by atoms with van der Waals surface area (Å²) in [5.41, 5.74) is 1.13. The van der Waals surface area contributed by atoms with E-state index in [-0.39, 0.29) is 12.1 Å². The zero-order chi connectivity index (χ0) is 13.8. The molecule has 1 aromatic rings. The predicted octanol–water partition coefficient (Wildman–Crippen LogP) is 3.95. The first kappa shape index (κ1) is 14.4. The maximum Gasteiger partial charge on any atom is 0.317 e. The number of likely N-dealkylation sites (tertiary alicyclic amines) is 1. The van der Waals surface area contributed by atoms with E-state index in [1.165, 1.54) is 0 Å². The summed E-state index contributed by atoms with van der Waals surface area (Å²) in [7, 11) is 0. The van der Waals surface area contributed by atoms with E-state index >= 15 is 0 Å².